The summed E-state index contributed by atoms with van der Waals surface area (Å²) in [5.74, 6) is -1.98. The van der Waals surface area contributed by atoms with E-state index in [0.717, 1.165) is 12.1 Å². The van der Waals surface area contributed by atoms with Crippen LogP contribution in [0.15, 0.2) is 18.3 Å². The Morgan fingerprint density at radius 2 is 1.61 bits per heavy atom. The summed E-state index contributed by atoms with van der Waals surface area (Å²) in [4.78, 5) is 14.2. The third kappa shape index (κ3) is 8.45. The number of benzene rings is 1. The number of halogens is 1. The molecule has 0 saturated heterocycles. The molecule has 0 spiro atoms. The van der Waals surface area contributed by atoms with Crippen LogP contribution in [0.2, 0.25) is 0 Å². The average Bonchev–Trinajstić information content (AvgIpc) is 3.21. The zero-order valence-corrected chi connectivity index (χ0v) is 17.0. The first-order chi connectivity index (χ1) is 15.0. The summed E-state index contributed by atoms with van der Waals surface area (Å²) in [6, 6.07) is 2.06. The molecule has 0 aliphatic carbocycles. The molecular weight excluding hydrogens is 415 g/mol. The molecule has 0 saturated carbocycles. The molecule has 2 rings (SSSR count). The van der Waals surface area contributed by atoms with Crippen LogP contribution < -0.4 is 5.73 Å². The molecule has 172 valence electrons. The maximum atomic E-state index is 12.0. The van der Waals surface area contributed by atoms with E-state index in [1.807, 2.05) is 0 Å². The maximum Gasteiger partial charge on any atom is 0.379 e. The second-order valence-electron chi connectivity index (χ2n) is 6.46. The maximum absolute atomic E-state index is 12.0. The van der Waals surface area contributed by atoms with E-state index in [1.54, 1.807) is 10.9 Å². The number of ether oxygens (including phenoxy) is 3. The second-order valence-corrected chi connectivity index (χ2v) is 6.46. The Morgan fingerprint density at radius 3 is 2.23 bits per heavy atom. The molecule has 4 N–H and O–H groups in total. The number of carbonyl (C=O) groups excluding carboxylic acids is 1. The van der Waals surface area contributed by atoms with Gasteiger partial charge in [-0.1, -0.05) is 5.21 Å². The molecule has 0 fully saturated rings. The zero-order valence-electron chi connectivity index (χ0n) is 17.0. The molecule has 0 unspecified atom stereocenters. The third-order valence-corrected chi connectivity index (χ3v) is 4.20. The van der Waals surface area contributed by atoms with Crippen molar-refractivity contribution in [3.63, 3.8) is 0 Å². The van der Waals surface area contributed by atoms with E-state index >= 15 is 0 Å². The van der Waals surface area contributed by atoms with Crippen LogP contribution in [0.25, 0.3) is 0 Å². The number of aromatic nitrogens is 3. The summed E-state index contributed by atoms with van der Waals surface area (Å²) in [6.45, 7) is 3.85. The van der Waals surface area contributed by atoms with E-state index < -0.39 is 5.97 Å². The summed E-state index contributed by atoms with van der Waals surface area (Å²) < 4.78 is 29.6. The van der Waals surface area contributed by atoms with Gasteiger partial charge in [0.05, 0.1) is 57.4 Å². The quantitative estimate of drug-likeness (QED) is 0.333. The summed E-state index contributed by atoms with van der Waals surface area (Å²) in [7, 11) is 0. The molecule has 12 heteroatoms. The molecule has 1 aromatic carbocycles. The van der Waals surface area contributed by atoms with Crippen LogP contribution in [0.4, 0.5) is 4.53 Å². The van der Waals surface area contributed by atoms with E-state index in [1.165, 1.54) is 0 Å². The van der Waals surface area contributed by atoms with E-state index in [9.17, 15) is 19.5 Å². The molecule has 1 heterocycles. The standard InChI is InChI=1S/C19H27FN4O7/c20-31-19(27)14-11-17(25)16(18(26)12-14)2-1-15-13-24(23-22-15)4-6-29-8-10-30-9-7-28-5-3-21/h11-13,25-26H,1-10,21H2. The average molecular weight is 442 g/mol. The Hall–Kier alpha value is -2.80. The lowest BCUT2D eigenvalue weighted by Gasteiger charge is -2.08. The van der Waals surface area contributed by atoms with Gasteiger partial charge < -0.3 is 30.2 Å². The Balaban J connectivity index is 1.67. The molecule has 1 aromatic heterocycles. The van der Waals surface area contributed by atoms with Crippen molar-refractivity contribution < 1.29 is 38.7 Å². The molecule has 0 aliphatic heterocycles. The Morgan fingerprint density at radius 1 is 1.00 bits per heavy atom. The summed E-state index contributed by atoms with van der Waals surface area (Å²) in [5, 5.41) is 28.0. The van der Waals surface area contributed by atoms with Gasteiger partial charge in [0, 0.05) is 22.8 Å². The normalized spacial score (nSPS) is 11.0. The molecule has 0 amide bonds. The van der Waals surface area contributed by atoms with Gasteiger partial charge in [0.25, 0.3) is 0 Å². The molecule has 31 heavy (non-hydrogen) atoms. The number of aromatic hydroxyl groups is 2. The van der Waals surface area contributed by atoms with Crippen molar-refractivity contribution in [2.24, 2.45) is 5.73 Å². The van der Waals surface area contributed by atoms with Gasteiger partial charge >= 0.3 is 5.97 Å². The first kappa shape index (κ1) is 24.5. The number of phenols is 2. The topological polar surface area (TPSA) is 151 Å². The smallest absolute Gasteiger partial charge is 0.379 e. The highest BCUT2D eigenvalue weighted by Crippen LogP contribution is 2.30. The van der Waals surface area contributed by atoms with Gasteiger partial charge in [-0.25, -0.2) is 14.4 Å². The highest BCUT2D eigenvalue weighted by molar-refractivity contribution is 5.90. The van der Waals surface area contributed by atoms with E-state index in [-0.39, 0.29) is 29.0 Å². The predicted molar refractivity (Wildman–Crippen MR) is 105 cm³/mol. The summed E-state index contributed by atoms with van der Waals surface area (Å²) in [5.41, 5.74) is 5.87. The Bertz CT molecular complexity index is 795. The van der Waals surface area contributed by atoms with Crippen LogP contribution in [0.3, 0.4) is 0 Å². The molecule has 0 bridgehead atoms. The minimum absolute atomic E-state index is 0.210. The van der Waals surface area contributed by atoms with Crippen molar-refractivity contribution in [2.45, 2.75) is 19.4 Å². The Labute approximate surface area is 178 Å². The molecule has 0 radical (unpaired) electrons. The number of carbonyl (C=O) groups is 1. The lowest BCUT2D eigenvalue weighted by atomic mass is 10.0. The van der Waals surface area contributed by atoms with Crippen molar-refractivity contribution in [2.75, 3.05) is 46.2 Å². The fraction of sp³-hybridized carbons (Fsp3) is 0.526. The van der Waals surface area contributed by atoms with Crippen LogP contribution in [-0.4, -0.2) is 77.4 Å². The van der Waals surface area contributed by atoms with Crippen molar-refractivity contribution in [1.29, 1.82) is 0 Å². The highest BCUT2D eigenvalue weighted by Gasteiger charge is 2.16. The fourth-order valence-corrected chi connectivity index (χ4v) is 2.66. The van der Waals surface area contributed by atoms with Crippen LogP contribution >= 0.6 is 0 Å². The number of rotatable bonds is 15. The van der Waals surface area contributed by atoms with E-state index in [2.05, 4.69) is 15.3 Å². The van der Waals surface area contributed by atoms with Gasteiger partial charge in [0.2, 0.25) is 0 Å². The molecule has 2 aromatic rings. The first-order valence-corrected chi connectivity index (χ1v) is 9.75. The van der Waals surface area contributed by atoms with Crippen molar-refractivity contribution in [3.8, 4) is 11.5 Å². The van der Waals surface area contributed by atoms with Crippen molar-refractivity contribution in [3.05, 3.63) is 35.2 Å². The van der Waals surface area contributed by atoms with E-state index in [4.69, 9.17) is 19.9 Å². The SMILES string of the molecule is NCCOCCOCCOCCn1cc(CCc2c(O)cc(C(=O)OF)cc2O)nn1. The predicted octanol–water partition coefficient (Wildman–Crippen LogP) is 0.524. The summed E-state index contributed by atoms with van der Waals surface area (Å²) in [6.07, 6.45) is 2.36. The van der Waals surface area contributed by atoms with Crippen LogP contribution in [0.5, 0.6) is 11.5 Å². The lowest BCUT2D eigenvalue weighted by Crippen LogP contribution is -2.14. The number of aryl methyl sites for hydroxylation is 1. The number of nitrogens with zero attached hydrogens (tertiary/aromatic N) is 3. The molecule has 0 aliphatic rings. The zero-order chi connectivity index (χ0) is 22.5. The Kier molecular flexibility index (Phi) is 10.6. The van der Waals surface area contributed by atoms with Crippen molar-refractivity contribution >= 4 is 5.97 Å². The second kappa shape index (κ2) is 13.5. The minimum Gasteiger partial charge on any atom is -0.508 e. The minimum atomic E-state index is -1.30. The molecule has 11 nitrogen and oxygen atoms in total. The first-order valence-electron chi connectivity index (χ1n) is 9.75. The van der Waals surface area contributed by atoms with Gasteiger partial charge in [-0.3, -0.25) is 0 Å². The third-order valence-electron chi connectivity index (χ3n) is 4.20. The number of nitrogens with two attached hydrogens (primary N) is 1. The molecule has 0 atom stereocenters. The van der Waals surface area contributed by atoms with Gasteiger partial charge in [-0.15, -0.1) is 5.10 Å². The van der Waals surface area contributed by atoms with Crippen LogP contribution in [0.1, 0.15) is 21.6 Å². The van der Waals surface area contributed by atoms with Gasteiger partial charge in [-0.05, 0) is 25.0 Å². The highest BCUT2D eigenvalue weighted by atomic mass is 19.3. The van der Waals surface area contributed by atoms with E-state index in [0.29, 0.717) is 64.8 Å². The lowest BCUT2D eigenvalue weighted by molar-refractivity contribution is -0.0788. The van der Waals surface area contributed by atoms with Crippen LogP contribution in [-0.2, 0) is 38.5 Å². The van der Waals surface area contributed by atoms with Gasteiger partial charge in [0.15, 0.2) is 0 Å². The fourth-order valence-electron chi connectivity index (χ4n) is 2.66. The van der Waals surface area contributed by atoms with Gasteiger partial charge in [-0.2, -0.15) is 0 Å². The number of hydrogen-bond donors (Lipinski definition) is 3. The number of hydrogen-bond acceptors (Lipinski definition) is 10. The monoisotopic (exact) mass is 442 g/mol. The van der Waals surface area contributed by atoms with Crippen LogP contribution in [0, 0.1) is 0 Å². The molecular formula is C19H27FN4O7. The number of phenolic OH excluding ortho intramolecular Hbond substituents is 2. The largest absolute Gasteiger partial charge is 0.508 e. The van der Waals surface area contributed by atoms with Crippen molar-refractivity contribution in [1.82, 2.24) is 15.0 Å². The summed E-state index contributed by atoms with van der Waals surface area (Å²) >= 11 is 0. The van der Waals surface area contributed by atoms with Gasteiger partial charge in [0.1, 0.15) is 11.5 Å².